The number of halogens is 1. The molecule has 0 spiro atoms. The average Bonchev–Trinajstić information content (AvgIpc) is 3.24. The predicted octanol–water partition coefficient (Wildman–Crippen LogP) is 4.26. The molecule has 32 heavy (non-hydrogen) atoms. The quantitative estimate of drug-likeness (QED) is 0.679. The zero-order chi connectivity index (χ0) is 23.0. The van der Waals surface area contributed by atoms with Crippen molar-refractivity contribution in [2.45, 2.75) is 32.1 Å². The van der Waals surface area contributed by atoms with E-state index in [2.05, 4.69) is 0 Å². The maximum atomic E-state index is 13.8. The fourth-order valence-corrected chi connectivity index (χ4v) is 5.09. The number of thioether (sulfide) groups is 1. The van der Waals surface area contributed by atoms with Crippen LogP contribution < -0.4 is 9.80 Å². The number of rotatable bonds is 5. The lowest BCUT2D eigenvalue weighted by atomic mass is 10.1. The van der Waals surface area contributed by atoms with Crippen LogP contribution in [-0.2, 0) is 9.59 Å². The number of carbonyl (C=O) groups is 3. The van der Waals surface area contributed by atoms with Gasteiger partial charge in [-0.15, -0.1) is 11.8 Å². The third-order valence-electron chi connectivity index (χ3n) is 5.71. The van der Waals surface area contributed by atoms with Crippen molar-refractivity contribution in [3.8, 4) is 0 Å². The zero-order valence-electron chi connectivity index (χ0n) is 18.1. The van der Waals surface area contributed by atoms with Gasteiger partial charge in [0, 0.05) is 12.2 Å². The molecule has 1 saturated heterocycles. The summed E-state index contributed by atoms with van der Waals surface area (Å²) in [5.74, 6) is -1.01. The van der Waals surface area contributed by atoms with Crippen LogP contribution in [0.1, 0.15) is 18.1 Å². The van der Waals surface area contributed by atoms with Crippen LogP contribution in [0.25, 0.3) is 0 Å². The second kappa shape index (κ2) is 8.78. The highest BCUT2D eigenvalue weighted by Crippen LogP contribution is 2.36. The van der Waals surface area contributed by atoms with Gasteiger partial charge in [-0.05, 0) is 67.6 Å². The van der Waals surface area contributed by atoms with Gasteiger partial charge in [0.1, 0.15) is 17.6 Å². The highest BCUT2D eigenvalue weighted by molar-refractivity contribution is 8.03. The van der Waals surface area contributed by atoms with E-state index in [0.29, 0.717) is 17.8 Å². The standard InChI is InChI=1S/C24H24FN3O3S/c1-4-26(17-7-5-6-15(2)12-17)21(29)14-27-20-10-11-32-22(20)23(30)28(24(27)31)18-8-9-19(25)16(3)13-18/h5-13,20,22H,4,14H2,1-3H3. The number of anilines is 2. The largest absolute Gasteiger partial charge is 0.332 e. The highest BCUT2D eigenvalue weighted by atomic mass is 32.2. The Morgan fingerprint density at radius 3 is 2.62 bits per heavy atom. The number of imide groups is 1. The average molecular weight is 454 g/mol. The number of likely N-dealkylation sites (N-methyl/N-ethyl adjacent to an activating group) is 1. The SMILES string of the molecule is CCN(C(=O)CN1C(=O)N(c2ccc(F)c(C)c2)C(=O)C2SC=CC21)c1cccc(C)c1. The van der Waals surface area contributed by atoms with Gasteiger partial charge in [0.25, 0.3) is 5.91 Å². The van der Waals surface area contributed by atoms with Crippen molar-refractivity contribution < 1.29 is 18.8 Å². The molecule has 2 heterocycles. The molecule has 0 saturated carbocycles. The summed E-state index contributed by atoms with van der Waals surface area (Å²) < 4.78 is 13.8. The monoisotopic (exact) mass is 453 g/mol. The van der Waals surface area contributed by atoms with Crippen LogP contribution in [0.3, 0.4) is 0 Å². The van der Waals surface area contributed by atoms with E-state index in [1.807, 2.05) is 38.1 Å². The second-order valence-corrected chi connectivity index (χ2v) is 8.92. The van der Waals surface area contributed by atoms with Crippen LogP contribution in [0.15, 0.2) is 53.9 Å². The first-order valence-electron chi connectivity index (χ1n) is 10.4. The predicted molar refractivity (Wildman–Crippen MR) is 124 cm³/mol. The number of hydrogen-bond acceptors (Lipinski definition) is 4. The Balaban J connectivity index is 1.65. The minimum Gasteiger partial charge on any atom is -0.311 e. The molecular formula is C24H24FN3O3S. The number of aryl methyl sites for hydroxylation is 2. The summed E-state index contributed by atoms with van der Waals surface area (Å²) in [6.45, 7) is 5.69. The highest BCUT2D eigenvalue weighted by Gasteiger charge is 2.48. The van der Waals surface area contributed by atoms with Crippen LogP contribution in [-0.4, -0.2) is 47.1 Å². The number of urea groups is 1. The number of hydrogen-bond donors (Lipinski definition) is 0. The lowest BCUT2D eigenvalue weighted by Gasteiger charge is -2.41. The molecule has 2 aliphatic heterocycles. The molecule has 2 aliphatic rings. The van der Waals surface area contributed by atoms with E-state index < -0.39 is 23.1 Å². The summed E-state index contributed by atoms with van der Waals surface area (Å²) in [5, 5.41) is 1.25. The molecule has 8 heteroatoms. The van der Waals surface area contributed by atoms with Crippen molar-refractivity contribution in [2.75, 3.05) is 22.9 Å². The van der Waals surface area contributed by atoms with E-state index in [4.69, 9.17) is 0 Å². The molecule has 2 aromatic carbocycles. The van der Waals surface area contributed by atoms with E-state index >= 15 is 0 Å². The lowest BCUT2D eigenvalue weighted by molar-refractivity contribution is -0.122. The Morgan fingerprint density at radius 1 is 1.16 bits per heavy atom. The molecule has 166 valence electrons. The third-order valence-corrected chi connectivity index (χ3v) is 6.80. The van der Waals surface area contributed by atoms with Gasteiger partial charge >= 0.3 is 6.03 Å². The molecule has 2 atom stereocenters. The molecule has 6 nitrogen and oxygen atoms in total. The molecular weight excluding hydrogens is 429 g/mol. The Hall–Kier alpha value is -3.13. The topological polar surface area (TPSA) is 60.9 Å². The minimum atomic E-state index is -0.581. The number of carbonyl (C=O) groups excluding carboxylic acids is 3. The molecule has 2 unspecified atom stereocenters. The minimum absolute atomic E-state index is 0.170. The summed E-state index contributed by atoms with van der Waals surface area (Å²) in [7, 11) is 0. The van der Waals surface area contributed by atoms with E-state index in [9.17, 15) is 18.8 Å². The summed E-state index contributed by atoms with van der Waals surface area (Å²) in [5.41, 5.74) is 2.42. The molecule has 0 aliphatic carbocycles. The van der Waals surface area contributed by atoms with E-state index in [1.54, 1.807) is 23.3 Å². The number of amides is 4. The van der Waals surface area contributed by atoms with Crippen molar-refractivity contribution >= 4 is 41.0 Å². The fraction of sp³-hybridized carbons (Fsp3) is 0.292. The first kappa shape index (κ1) is 22.1. The Morgan fingerprint density at radius 2 is 1.94 bits per heavy atom. The van der Waals surface area contributed by atoms with Gasteiger partial charge < -0.3 is 9.80 Å². The maximum absolute atomic E-state index is 13.8. The van der Waals surface area contributed by atoms with Crippen LogP contribution in [0.4, 0.5) is 20.6 Å². The molecule has 0 radical (unpaired) electrons. The second-order valence-electron chi connectivity index (χ2n) is 7.87. The summed E-state index contributed by atoms with van der Waals surface area (Å²) in [4.78, 5) is 43.9. The van der Waals surface area contributed by atoms with Crippen molar-refractivity contribution in [1.29, 1.82) is 0 Å². The Kier molecular flexibility index (Phi) is 6.06. The molecule has 1 fully saturated rings. The number of nitrogens with zero attached hydrogens (tertiary/aromatic N) is 3. The maximum Gasteiger partial charge on any atom is 0.332 e. The number of fused-ring (bicyclic) bond motifs is 1. The Bertz CT molecular complexity index is 1120. The van der Waals surface area contributed by atoms with Gasteiger partial charge in [0.05, 0.1) is 11.7 Å². The number of benzene rings is 2. The normalized spacial score (nSPS) is 20.0. The van der Waals surface area contributed by atoms with Crippen LogP contribution >= 0.6 is 11.8 Å². The van der Waals surface area contributed by atoms with Crippen molar-refractivity contribution in [3.63, 3.8) is 0 Å². The van der Waals surface area contributed by atoms with Gasteiger partial charge in [-0.3, -0.25) is 9.59 Å². The van der Waals surface area contributed by atoms with Crippen LogP contribution in [0.5, 0.6) is 0 Å². The first-order valence-corrected chi connectivity index (χ1v) is 11.4. The van der Waals surface area contributed by atoms with Gasteiger partial charge in [0.15, 0.2) is 0 Å². The van der Waals surface area contributed by atoms with Crippen molar-refractivity contribution in [2.24, 2.45) is 0 Å². The van der Waals surface area contributed by atoms with E-state index in [-0.39, 0.29) is 18.4 Å². The Labute approximate surface area is 190 Å². The summed E-state index contributed by atoms with van der Waals surface area (Å²) in [6.07, 6.45) is 1.79. The van der Waals surface area contributed by atoms with Gasteiger partial charge in [0.2, 0.25) is 5.91 Å². The van der Waals surface area contributed by atoms with Gasteiger partial charge in [-0.2, -0.15) is 0 Å². The summed E-state index contributed by atoms with van der Waals surface area (Å²) in [6, 6.07) is 10.7. The molecule has 0 bridgehead atoms. The molecule has 0 N–H and O–H groups in total. The van der Waals surface area contributed by atoms with E-state index in [0.717, 1.165) is 16.2 Å². The fourth-order valence-electron chi connectivity index (χ4n) is 4.05. The molecule has 4 rings (SSSR count). The van der Waals surface area contributed by atoms with Gasteiger partial charge in [-0.25, -0.2) is 14.1 Å². The van der Waals surface area contributed by atoms with Crippen LogP contribution in [0.2, 0.25) is 0 Å². The van der Waals surface area contributed by atoms with Crippen LogP contribution in [0, 0.1) is 19.7 Å². The van der Waals surface area contributed by atoms with Crippen molar-refractivity contribution in [1.82, 2.24) is 4.90 Å². The van der Waals surface area contributed by atoms with Gasteiger partial charge in [-0.1, -0.05) is 18.2 Å². The zero-order valence-corrected chi connectivity index (χ0v) is 18.9. The summed E-state index contributed by atoms with van der Waals surface area (Å²) >= 11 is 1.32. The van der Waals surface area contributed by atoms with Crippen molar-refractivity contribution in [3.05, 3.63) is 70.9 Å². The third kappa shape index (κ3) is 3.90. The first-order chi connectivity index (χ1) is 15.3. The lowest BCUT2D eigenvalue weighted by Crippen LogP contribution is -2.63. The molecule has 0 aromatic heterocycles. The smallest absolute Gasteiger partial charge is 0.311 e. The molecule has 2 aromatic rings. The molecule has 4 amide bonds. The van der Waals surface area contributed by atoms with E-state index in [1.165, 1.54) is 34.9 Å².